The summed E-state index contributed by atoms with van der Waals surface area (Å²) in [6, 6.07) is 30.1. The molecule has 0 nitrogen and oxygen atoms in total. The van der Waals surface area contributed by atoms with Gasteiger partial charge in [-0.2, -0.15) is 34.4 Å². The van der Waals surface area contributed by atoms with Crippen molar-refractivity contribution in [3.05, 3.63) is 129 Å². The first kappa shape index (κ1) is 29.6. The number of hydrogen-bond acceptors (Lipinski definition) is 0. The van der Waals surface area contributed by atoms with E-state index in [1.807, 2.05) is 0 Å². The number of hydrogen-bond donors (Lipinski definition) is 0. The minimum absolute atomic E-state index is 0. The first-order valence-corrected chi connectivity index (χ1v) is 10.1. The molecule has 0 heterocycles. The van der Waals surface area contributed by atoms with E-state index in [1.54, 1.807) is 0 Å². The minimum atomic E-state index is 0. The van der Waals surface area contributed by atoms with Crippen molar-refractivity contribution in [3.63, 3.8) is 0 Å². The van der Waals surface area contributed by atoms with E-state index >= 15 is 0 Å². The molecule has 4 aromatic carbocycles. The van der Waals surface area contributed by atoms with Gasteiger partial charge in [-0.25, -0.2) is 12.1 Å². The molecule has 0 saturated carbocycles. The van der Waals surface area contributed by atoms with Crippen molar-refractivity contribution >= 4 is 0 Å². The largest absolute Gasteiger partial charge is 4.00 e. The summed E-state index contributed by atoms with van der Waals surface area (Å²) in [6.45, 7) is 8.74. The van der Waals surface area contributed by atoms with Crippen LogP contribution in [0.25, 0.3) is 0 Å². The Kier molecular flexibility index (Phi) is 14.0. The molecule has 0 amide bonds. The van der Waals surface area contributed by atoms with Crippen molar-refractivity contribution in [1.82, 2.24) is 0 Å². The molecule has 0 aliphatic heterocycles. The van der Waals surface area contributed by atoms with Crippen LogP contribution in [0.1, 0.15) is 44.5 Å². The third kappa shape index (κ3) is 8.57. The Morgan fingerprint density at radius 1 is 0.516 bits per heavy atom. The van der Waals surface area contributed by atoms with Crippen molar-refractivity contribution in [2.75, 3.05) is 0 Å². The van der Waals surface area contributed by atoms with E-state index in [1.165, 1.54) is 44.5 Å². The average Bonchev–Trinajstić information content (AvgIpc) is 3.21. The van der Waals surface area contributed by atoms with Crippen LogP contribution in [0.3, 0.4) is 0 Å². The van der Waals surface area contributed by atoms with Gasteiger partial charge in [0.05, 0.1) is 0 Å². The number of benzene rings is 2. The van der Waals surface area contributed by atoms with Gasteiger partial charge in [0.2, 0.25) is 0 Å². The summed E-state index contributed by atoms with van der Waals surface area (Å²) in [5.74, 6) is 0. The molecule has 160 valence electrons. The summed E-state index contributed by atoms with van der Waals surface area (Å²) in [7, 11) is 0. The van der Waals surface area contributed by atoms with Crippen LogP contribution < -0.4 is 24.8 Å². The molecule has 0 aliphatic carbocycles. The Hall–Kier alpha value is -1.40. The van der Waals surface area contributed by atoms with Gasteiger partial charge in [-0.15, -0.1) is 11.1 Å². The molecule has 0 radical (unpaired) electrons. The molecule has 0 spiro atoms. The SMILES string of the molecule is Cc1cc[c-](Cc2ccccc2)c1C.Cc1cc[c-](Cc2ccccc2)c1C.[Cl-].[Cl-].[Zr+4]. The molecule has 0 fully saturated rings. The quantitative estimate of drug-likeness (QED) is 0.350. The zero-order valence-electron chi connectivity index (χ0n) is 18.8. The van der Waals surface area contributed by atoms with E-state index < -0.39 is 0 Å². The fourth-order valence-corrected chi connectivity index (χ4v) is 3.47. The average molecular weight is 529 g/mol. The monoisotopic (exact) mass is 526 g/mol. The smallest absolute Gasteiger partial charge is 1.00 e. The van der Waals surface area contributed by atoms with Crippen LogP contribution in [-0.4, -0.2) is 0 Å². The maximum atomic E-state index is 2.23. The fraction of sp³-hybridized carbons (Fsp3) is 0.214. The van der Waals surface area contributed by atoms with E-state index in [2.05, 4.69) is 113 Å². The van der Waals surface area contributed by atoms with E-state index in [9.17, 15) is 0 Å². The predicted molar refractivity (Wildman–Crippen MR) is 122 cm³/mol. The van der Waals surface area contributed by atoms with Gasteiger partial charge in [-0.1, -0.05) is 99.5 Å². The Morgan fingerprint density at radius 3 is 1.10 bits per heavy atom. The van der Waals surface area contributed by atoms with Gasteiger partial charge in [-0.05, 0) is 12.8 Å². The molecule has 0 unspecified atom stereocenters. The van der Waals surface area contributed by atoms with Crippen molar-refractivity contribution in [1.29, 1.82) is 0 Å². The Morgan fingerprint density at radius 2 is 0.839 bits per heavy atom. The number of rotatable bonds is 4. The molecule has 0 aromatic heterocycles. The standard InChI is InChI=1S/2C14H15.2ClH.Zr/c2*1-11-8-9-14(12(11)2)10-13-6-4-3-5-7-13;;;/h2*3-9H,10H2,1-2H3;2*1H;/q2*-1;;;+4/p-2. The van der Waals surface area contributed by atoms with E-state index in [0.717, 1.165) is 12.8 Å². The fourth-order valence-electron chi connectivity index (χ4n) is 3.47. The summed E-state index contributed by atoms with van der Waals surface area (Å²) < 4.78 is 0. The molecular formula is C28H30Cl2Zr. The molecule has 3 heteroatoms. The summed E-state index contributed by atoms with van der Waals surface area (Å²) in [4.78, 5) is 0. The van der Waals surface area contributed by atoms with Gasteiger partial charge >= 0.3 is 26.2 Å². The first-order valence-electron chi connectivity index (χ1n) is 10.1. The second-order valence-corrected chi connectivity index (χ2v) is 7.66. The predicted octanol–water partition coefficient (Wildman–Crippen LogP) is 1.23. The molecular weight excluding hydrogens is 498 g/mol. The van der Waals surface area contributed by atoms with Crippen LogP contribution in [0.15, 0.2) is 84.9 Å². The molecule has 31 heavy (non-hydrogen) atoms. The molecule has 0 saturated heterocycles. The van der Waals surface area contributed by atoms with Gasteiger partial charge in [0, 0.05) is 0 Å². The first-order chi connectivity index (χ1) is 13.5. The van der Waals surface area contributed by atoms with Crippen LogP contribution >= 0.6 is 0 Å². The van der Waals surface area contributed by atoms with Crippen molar-refractivity contribution in [2.45, 2.75) is 40.5 Å². The van der Waals surface area contributed by atoms with Crippen LogP contribution in [-0.2, 0) is 39.0 Å². The summed E-state index contributed by atoms with van der Waals surface area (Å²) in [5, 5.41) is 0. The van der Waals surface area contributed by atoms with E-state index in [-0.39, 0.29) is 51.0 Å². The maximum absolute atomic E-state index is 2.23. The molecule has 0 aliphatic rings. The van der Waals surface area contributed by atoms with Crippen LogP contribution in [0.4, 0.5) is 0 Å². The second kappa shape index (κ2) is 14.6. The molecule has 0 bridgehead atoms. The summed E-state index contributed by atoms with van der Waals surface area (Å²) in [6.07, 6.45) is 2.11. The summed E-state index contributed by atoms with van der Waals surface area (Å²) in [5.41, 5.74) is 11.4. The third-order valence-corrected chi connectivity index (χ3v) is 5.69. The molecule has 4 rings (SSSR count). The molecule has 4 aromatic rings. The van der Waals surface area contributed by atoms with Crippen molar-refractivity contribution < 1.29 is 51.0 Å². The van der Waals surface area contributed by atoms with Crippen molar-refractivity contribution in [2.24, 2.45) is 0 Å². The topological polar surface area (TPSA) is 0 Å². The van der Waals surface area contributed by atoms with Gasteiger partial charge in [0.25, 0.3) is 0 Å². The van der Waals surface area contributed by atoms with Crippen LogP contribution in [0.2, 0.25) is 0 Å². The Balaban J connectivity index is 0.000000529. The van der Waals surface area contributed by atoms with Gasteiger partial charge in [0.15, 0.2) is 0 Å². The number of halogens is 2. The molecule has 0 N–H and O–H groups in total. The maximum Gasteiger partial charge on any atom is 4.00 e. The van der Waals surface area contributed by atoms with Gasteiger partial charge < -0.3 is 24.8 Å². The van der Waals surface area contributed by atoms with Gasteiger partial charge in [-0.3, -0.25) is 0 Å². The summed E-state index contributed by atoms with van der Waals surface area (Å²) >= 11 is 0. The zero-order valence-corrected chi connectivity index (χ0v) is 22.7. The Bertz CT molecular complexity index is 914. The zero-order chi connectivity index (χ0) is 19.9. The molecule has 0 atom stereocenters. The third-order valence-electron chi connectivity index (χ3n) is 5.69. The van der Waals surface area contributed by atoms with Crippen LogP contribution in [0.5, 0.6) is 0 Å². The normalized spacial score (nSPS) is 9.42. The Labute approximate surface area is 219 Å². The van der Waals surface area contributed by atoms with Gasteiger partial charge in [0.1, 0.15) is 0 Å². The second-order valence-electron chi connectivity index (χ2n) is 7.66. The van der Waals surface area contributed by atoms with E-state index in [0.29, 0.717) is 0 Å². The minimum Gasteiger partial charge on any atom is -1.00 e. The van der Waals surface area contributed by atoms with E-state index in [4.69, 9.17) is 0 Å². The van der Waals surface area contributed by atoms with Crippen molar-refractivity contribution in [3.8, 4) is 0 Å². The van der Waals surface area contributed by atoms with Crippen LogP contribution in [0, 0.1) is 27.7 Å². The number of aryl methyl sites for hydroxylation is 2.